The molecule has 1 saturated heterocycles. The van der Waals surface area contributed by atoms with Gasteiger partial charge >= 0.3 is 6.03 Å². The molecule has 2 aliphatic heterocycles. The fraction of sp³-hybridized carbons (Fsp3) is 0.160. The lowest BCUT2D eigenvalue weighted by atomic mass is 9.92. The van der Waals surface area contributed by atoms with Crippen LogP contribution in [0.3, 0.4) is 0 Å². The van der Waals surface area contributed by atoms with Gasteiger partial charge in [0.15, 0.2) is 0 Å². The van der Waals surface area contributed by atoms with Gasteiger partial charge in [0, 0.05) is 9.79 Å². The molecule has 0 spiro atoms. The zero-order valence-corrected chi connectivity index (χ0v) is 18.9. The van der Waals surface area contributed by atoms with E-state index in [4.69, 9.17) is 4.74 Å². The quantitative estimate of drug-likeness (QED) is 0.589. The van der Waals surface area contributed by atoms with Gasteiger partial charge < -0.3 is 10.1 Å². The van der Waals surface area contributed by atoms with Gasteiger partial charge in [-0.15, -0.1) is 0 Å². The van der Waals surface area contributed by atoms with Crippen LogP contribution in [0.4, 0.5) is 16.2 Å². The summed E-state index contributed by atoms with van der Waals surface area (Å²) in [4.78, 5) is 44.1. The number of carbonyl (C=O) groups excluding carboxylic acids is 3. The van der Waals surface area contributed by atoms with Gasteiger partial charge in [-0.1, -0.05) is 48.2 Å². The number of benzene rings is 3. The van der Waals surface area contributed by atoms with Crippen LogP contribution in [0.2, 0.25) is 0 Å². The number of urea groups is 1. The van der Waals surface area contributed by atoms with Crippen LogP contribution < -0.4 is 15.0 Å². The van der Waals surface area contributed by atoms with E-state index in [9.17, 15) is 14.4 Å². The molecule has 166 valence electrons. The first-order chi connectivity index (χ1) is 15.9. The molecule has 3 aromatic rings. The van der Waals surface area contributed by atoms with Gasteiger partial charge in [0.05, 0.1) is 18.5 Å². The van der Waals surface area contributed by atoms with Crippen molar-refractivity contribution < 1.29 is 19.1 Å². The van der Waals surface area contributed by atoms with E-state index in [0.717, 1.165) is 26.1 Å². The average Bonchev–Trinajstić information content (AvgIpc) is 3.06. The zero-order chi connectivity index (χ0) is 23.2. The van der Waals surface area contributed by atoms with Crippen molar-refractivity contribution in [2.75, 3.05) is 18.6 Å². The molecule has 33 heavy (non-hydrogen) atoms. The molecule has 2 heterocycles. The number of para-hydroxylation sites is 2. The molecule has 1 atom stereocenters. The Bertz CT molecular complexity index is 1230. The number of hydrogen-bond donors (Lipinski definition) is 1. The van der Waals surface area contributed by atoms with Crippen LogP contribution in [0, 0.1) is 0 Å². The van der Waals surface area contributed by atoms with E-state index in [1.54, 1.807) is 55.0 Å². The minimum Gasteiger partial charge on any atom is -0.497 e. The third kappa shape index (κ3) is 3.43. The van der Waals surface area contributed by atoms with Gasteiger partial charge in [0.25, 0.3) is 11.8 Å². The molecule has 5 rings (SSSR count). The Morgan fingerprint density at radius 2 is 1.52 bits per heavy atom. The van der Waals surface area contributed by atoms with Crippen LogP contribution in [0.1, 0.15) is 12.5 Å². The molecule has 1 fully saturated rings. The highest BCUT2D eigenvalue weighted by molar-refractivity contribution is 7.99. The molecular weight excluding hydrogens is 438 g/mol. The van der Waals surface area contributed by atoms with Gasteiger partial charge in [-0.3, -0.25) is 19.4 Å². The second-order valence-electron chi connectivity index (χ2n) is 7.94. The maximum absolute atomic E-state index is 13.5. The third-order valence-electron chi connectivity index (χ3n) is 5.92. The standard InChI is InChI=1S/C25H21N3O4S/c1-25(16-11-13-17(32-2)14-12-16)23(30)27(24(31)26-25)15-22(29)28-18-7-3-5-9-20(18)33-21-10-6-4-8-19(21)28/h3-14H,15H2,1-2H3,(H,26,31). The number of hydrogen-bond acceptors (Lipinski definition) is 5. The van der Waals surface area contributed by atoms with Crippen molar-refractivity contribution in [1.29, 1.82) is 0 Å². The Kier molecular flexibility index (Phi) is 5.09. The molecule has 7 nitrogen and oxygen atoms in total. The monoisotopic (exact) mass is 459 g/mol. The topological polar surface area (TPSA) is 79.0 Å². The number of amides is 4. The van der Waals surface area contributed by atoms with Crippen molar-refractivity contribution >= 4 is 41.0 Å². The summed E-state index contributed by atoms with van der Waals surface area (Å²) in [6.07, 6.45) is 0. The van der Waals surface area contributed by atoms with Crippen LogP contribution in [-0.2, 0) is 15.1 Å². The molecule has 0 bridgehead atoms. The van der Waals surface area contributed by atoms with E-state index in [1.165, 1.54) is 0 Å². The minimum absolute atomic E-state index is 0.363. The largest absolute Gasteiger partial charge is 0.497 e. The maximum atomic E-state index is 13.5. The summed E-state index contributed by atoms with van der Waals surface area (Å²) in [6.45, 7) is 1.27. The molecule has 1 unspecified atom stereocenters. The molecule has 0 aromatic heterocycles. The Morgan fingerprint density at radius 1 is 0.939 bits per heavy atom. The van der Waals surface area contributed by atoms with Crippen molar-refractivity contribution in [2.45, 2.75) is 22.3 Å². The second kappa shape index (κ2) is 7.97. The molecule has 0 aliphatic carbocycles. The van der Waals surface area contributed by atoms with Crippen LogP contribution in [0.25, 0.3) is 0 Å². The summed E-state index contributed by atoms with van der Waals surface area (Å²) < 4.78 is 5.18. The summed E-state index contributed by atoms with van der Waals surface area (Å²) in [5, 5.41) is 2.75. The number of ether oxygens (including phenoxy) is 1. The highest BCUT2D eigenvalue weighted by Gasteiger charge is 2.50. The molecule has 1 N–H and O–H groups in total. The molecule has 0 saturated carbocycles. The first kappa shape index (κ1) is 21.1. The molecule has 4 amide bonds. The Labute approximate surface area is 195 Å². The Hall–Kier alpha value is -3.78. The predicted molar refractivity (Wildman–Crippen MR) is 125 cm³/mol. The predicted octanol–water partition coefficient (Wildman–Crippen LogP) is 4.29. The van der Waals surface area contributed by atoms with Crippen molar-refractivity contribution in [3.8, 4) is 5.75 Å². The van der Waals surface area contributed by atoms with Crippen molar-refractivity contribution in [3.63, 3.8) is 0 Å². The summed E-state index contributed by atoms with van der Waals surface area (Å²) in [5.41, 5.74) is 0.811. The van der Waals surface area contributed by atoms with E-state index in [-0.39, 0.29) is 12.5 Å². The maximum Gasteiger partial charge on any atom is 0.325 e. The first-order valence-corrected chi connectivity index (χ1v) is 11.2. The highest BCUT2D eigenvalue weighted by atomic mass is 32.2. The molecule has 3 aromatic carbocycles. The normalized spacial score (nSPS) is 19.1. The summed E-state index contributed by atoms with van der Waals surface area (Å²) in [6, 6.07) is 21.5. The second-order valence-corrected chi connectivity index (χ2v) is 9.03. The SMILES string of the molecule is COc1ccc(C2(C)NC(=O)N(CC(=O)N3c4ccccc4Sc4ccccc43)C2=O)cc1. The minimum atomic E-state index is -1.27. The Morgan fingerprint density at radius 3 is 2.09 bits per heavy atom. The molecule has 2 aliphatic rings. The summed E-state index contributed by atoms with van der Waals surface area (Å²) >= 11 is 1.58. The van der Waals surface area contributed by atoms with Gasteiger partial charge in [-0.25, -0.2) is 4.79 Å². The lowest BCUT2D eigenvalue weighted by molar-refractivity contribution is -0.134. The lowest BCUT2D eigenvalue weighted by Gasteiger charge is -2.32. The Balaban J connectivity index is 1.45. The number of carbonyl (C=O) groups is 3. The van der Waals surface area contributed by atoms with Gasteiger partial charge in [0.1, 0.15) is 17.8 Å². The molecular formula is C25H21N3O4S. The van der Waals surface area contributed by atoms with Gasteiger partial charge in [0.2, 0.25) is 0 Å². The van der Waals surface area contributed by atoms with Crippen molar-refractivity contribution in [3.05, 3.63) is 78.4 Å². The van der Waals surface area contributed by atoms with E-state index in [1.807, 2.05) is 48.5 Å². The van der Waals surface area contributed by atoms with E-state index < -0.39 is 17.5 Å². The number of nitrogens with one attached hydrogen (secondary N) is 1. The van der Waals surface area contributed by atoms with Crippen LogP contribution in [0.15, 0.2) is 82.6 Å². The van der Waals surface area contributed by atoms with Crippen molar-refractivity contribution in [1.82, 2.24) is 10.2 Å². The van der Waals surface area contributed by atoms with Crippen LogP contribution >= 0.6 is 11.8 Å². The number of fused-ring (bicyclic) bond motifs is 2. The summed E-state index contributed by atoms with van der Waals surface area (Å²) in [5.74, 6) is -0.192. The highest BCUT2D eigenvalue weighted by Crippen LogP contribution is 2.48. The van der Waals surface area contributed by atoms with E-state index in [0.29, 0.717) is 11.3 Å². The van der Waals surface area contributed by atoms with Gasteiger partial charge in [-0.2, -0.15) is 0 Å². The third-order valence-corrected chi connectivity index (χ3v) is 7.05. The van der Waals surface area contributed by atoms with Crippen LogP contribution in [0.5, 0.6) is 5.75 Å². The number of anilines is 2. The summed E-state index contributed by atoms with van der Waals surface area (Å²) in [7, 11) is 1.56. The molecule has 0 radical (unpaired) electrons. The fourth-order valence-electron chi connectivity index (χ4n) is 4.14. The number of imide groups is 1. The fourth-order valence-corrected chi connectivity index (χ4v) is 5.20. The average molecular weight is 460 g/mol. The number of rotatable bonds is 4. The molecule has 8 heteroatoms. The van der Waals surface area contributed by atoms with E-state index >= 15 is 0 Å². The van der Waals surface area contributed by atoms with Gasteiger partial charge in [-0.05, 0) is 48.9 Å². The number of nitrogens with zero attached hydrogens (tertiary/aromatic N) is 2. The smallest absolute Gasteiger partial charge is 0.325 e. The lowest BCUT2D eigenvalue weighted by Crippen LogP contribution is -2.44. The van der Waals surface area contributed by atoms with Crippen molar-refractivity contribution in [2.24, 2.45) is 0 Å². The first-order valence-electron chi connectivity index (χ1n) is 10.4. The van der Waals surface area contributed by atoms with E-state index in [2.05, 4.69) is 5.32 Å². The van der Waals surface area contributed by atoms with Crippen LogP contribution in [-0.4, -0.2) is 36.4 Å². The zero-order valence-electron chi connectivity index (χ0n) is 18.1. The number of methoxy groups -OCH3 is 1.